The lowest BCUT2D eigenvalue weighted by molar-refractivity contribution is -0.117. The van der Waals surface area contributed by atoms with Gasteiger partial charge in [0.1, 0.15) is 5.82 Å². The molecule has 3 atom stereocenters. The minimum atomic E-state index is -0.485. The van der Waals surface area contributed by atoms with Gasteiger partial charge >= 0.3 is 0 Å². The maximum absolute atomic E-state index is 12.2. The molecule has 0 aliphatic carbocycles. The van der Waals surface area contributed by atoms with Crippen molar-refractivity contribution in [3.8, 4) is 0 Å². The van der Waals surface area contributed by atoms with Gasteiger partial charge in [-0.3, -0.25) is 9.59 Å². The van der Waals surface area contributed by atoms with Gasteiger partial charge < -0.3 is 16.0 Å². The average Bonchev–Trinajstić information content (AvgIpc) is 2.58. The summed E-state index contributed by atoms with van der Waals surface area (Å²) >= 11 is 0. The van der Waals surface area contributed by atoms with Gasteiger partial charge in [-0.15, -0.1) is 0 Å². The van der Waals surface area contributed by atoms with Gasteiger partial charge in [0.25, 0.3) is 0 Å². The molecule has 1 aromatic heterocycles. The Hall–Kier alpha value is -2.89. The van der Waals surface area contributed by atoms with Crippen LogP contribution in [0.15, 0.2) is 36.4 Å². The molecule has 6 heteroatoms. The van der Waals surface area contributed by atoms with E-state index in [0.717, 1.165) is 22.8 Å². The number of amides is 2. The Morgan fingerprint density at radius 3 is 2.54 bits per heavy atom. The van der Waals surface area contributed by atoms with E-state index in [-0.39, 0.29) is 23.9 Å². The summed E-state index contributed by atoms with van der Waals surface area (Å²) in [6.45, 7) is 7.63. The highest BCUT2D eigenvalue weighted by atomic mass is 16.2. The first-order valence-corrected chi connectivity index (χ1v) is 8.73. The summed E-state index contributed by atoms with van der Waals surface area (Å²) in [5.41, 5.74) is 8.50. The van der Waals surface area contributed by atoms with Crippen LogP contribution in [0.3, 0.4) is 0 Å². The number of carbonyl (C=O) groups excluding carboxylic acids is 2. The summed E-state index contributed by atoms with van der Waals surface area (Å²) in [6, 6.07) is 11.0. The average molecular weight is 352 g/mol. The standard InChI is InChI=1S/C20H24N4O2/c1-11-6-5-7-18(22-11)23-19-12(2)13(3)24(14(4)25)17-9-8-15(20(21)26)10-16(17)19/h5-10,12-13,19H,1-4H3,(H2,21,26)(H,22,23)/t12-,13-,19+/m0/s1. The summed E-state index contributed by atoms with van der Waals surface area (Å²) in [5, 5.41) is 3.48. The van der Waals surface area contributed by atoms with Crippen LogP contribution < -0.4 is 16.0 Å². The molecule has 0 spiro atoms. The number of pyridine rings is 1. The van der Waals surface area contributed by atoms with Crippen LogP contribution in [-0.2, 0) is 4.79 Å². The van der Waals surface area contributed by atoms with Gasteiger partial charge in [0, 0.05) is 35.8 Å². The molecule has 136 valence electrons. The number of carbonyl (C=O) groups is 2. The van der Waals surface area contributed by atoms with Crippen LogP contribution in [0.1, 0.15) is 48.4 Å². The SMILES string of the molecule is CC(=O)N1c2ccc(C(N)=O)cc2[C@H](Nc2cccc(C)n2)[C@@H](C)[C@@H]1C. The molecular formula is C20H24N4O2. The number of nitrogens with two attached hydrogens (primary N) is 1. The molecule has 0 saturated carbocycles. The van der Waals surface area contributed by atoms with Crippen molar-refractivity contribution in [1.82, 2.24) is 4.98 Å². The first-order valence-electron chi connectivity index (χ1n) is 8.73. The topological polar surface area (TPSA) is 88.3 Å². The van der Waals surface area contributed by atoms with E-state index >= 15 is 0 Å². The molecular weight excluding hydrogens is 328 g/mol. The van der Waals surface area contributed by atoms with Crippen molar-refractivity contribution in [3.05, 3.63) is 53.2 Å². The molecule has 26 heavy (non-hydrogen) atoms. The lowest BCUT2D eigenvalue weighted by Crippen LogP contribution is -2.48. The highest BCUT2D eigenvalue weighted by Gasteiger charge is 2.38. The number of fused-ring (bicyclic) bond motifs is 1. The van der Waals surface area contributed by atoms with Crippen LogP contribution >= 0.6 is 0 Å². The van der Waals surface area contributed by atoms with Crippen molar-refractivity contribution < 1.29 is 9.59 Å². The van der Waals surface area contributed by atoms with E-state index < -0.39 is 5.91 Å². The monoisotopic (exact) mass is 352 g/mol. The number of hydrogen-bond donors (Lipinski definition) is 2. The van der Waals surface area contributed by atoms with Gasteiger partial charge in [-0.05, 0) is 49.7 Å². The molecule has 2 amide bonds. The second-order valence-electron chi connectivity index (χ2n) is 6.91. The Morgan fingerprint density at radius 2 is 1.92 bits per heavy atom. The second-order valence-corrected chi connectivity index (χ2v) is 6.91. The van der Waals surface area contributed by atoms with Gasteiger partial charge in [-0.2, -0.15) is 0 Å². The normalized spacial score (nSPS) is 21.8. The van der Waals surface area contributed by atoms with Gasteiger partial charge in [0.05, 0.1) is 6.04 Å². The zero-order valence-corrected chi connectivity index (χ0v) is 15.5. The lowest BCUT2D eigenvalue weighted by Gasteiger charge is -2.44. The fourth-order valence-electron chi connectivity index (χ4n) is 3.64. The molecule has 0 saturated heterocycles. The molecule has 1 aromatic carbocycles. The summed E-state index contributed by atoms with van der Waals surface area (Å²) in [4.78, 5) is 30.2. The molecule has 6 nitrogen and oxygen atoms in total. The van der Waals surface area contributed by atoms with E-state index in [0.29, 0.717) is 5.56 Å². The van der Waals surface area contributed by atoms with Gasteiger partial charge in [0.2, 0.25) is 11.8 Å². The molecule has 0 radical (unpaired) electrons. The molecule has 3 rings (SSSR count). The third-order valence-electron chi connectivity index (χ3n) is 5.13. The number of primary amides is 1. The van der Waals surface area contributed by atoms with Crippen LogP contribution in [0.5, 0.6) is 0 Å². The highest BCUT2D eigenvalue weighted by molar-refractivity contribution is 5.97. The Kier molecular flexibility index (Phi) is 4.68. The number of hydrogen-bond acceptors (Lipinski definition) is 4. The van der Waals surface area contributed by atoms with Gasteiger partial charge in [-0.25, -0.2) is 4.98 Å². The number of aromatic nitrogens is 1. The Morgan fingerprint density at radius 1 is 1.19 bits per heavy atom. The summed E-state index contributed by atoms with van der Waals surface area (Å²) in [7, 11) is 0. The summed E-state index contributed by atoms with van der Waals surface area (Å²) in [6.07, 6.45) is 0. The zero-order valence-electron chi connectivity index (χ0n) is 15.5. The molecule has 3 N–H and O–H groups in total. The smallest absolute Gasteiger partial charge is 0.248 e. The second kappa shape index (κ2) is 6.78. The highest BCUT2D eigenvalue weighted by Crippen LogP contribution is 2.42. The quantitative estimate of drug-likeness (QED) is 0.889. The number of nitrogens with zero attached hydrogens (tertiary/aromatic N) is 2. The van der Waals surface area contributed by atoms with Crippen LogP contribution in [-0.4, -0.2) is 22.8 Å². The van der Waals surface area contributed by atoms with E-state index in [2.05, 4.69) is 17.2 Å². The third kappa shape index (κ3) is 3.14. The van der Waals surface area contributed by atoms with E-state index in [1.807, 2.05) is 32.0 Å². The number of aryl methyl sites for hydroxylation is 1. The molecule has 1 aliphatic rings. The first kappa shape index (κ1) is 17.9. The van der Waals surface area contributed by atoms with Crippen LogP contribution in [0.2, 0.25) is 0 Å². The number of rotatable bonds is 3. The lowest BCUT2D eigenvalue weighted by atomic mass is 9.82. The number of benzene rings is 1. The largest absolute Gasteiger partial charge is 0.366 e. The van der Waals surface area contributed by atoms with Crippen molar-refractivity contribution in [2.75, 3.05) is 10.2 Å². The van der Waals surface area contributed by atoms with Crippen LogP contribution in [0.4, 0.5) is 11.5 Å². The van der Waals surface area contributed by atoms with Crippen molar-refractivity contribution in [3.63, 3.8) is 0 Å². The van der Waals surface area contributed by atoms with E-state index in [4.69, 9.17) is 5.73 Å². The molecule has 1 aliphatic heterocycles. The van der Waals surface area contributed by atoms with Crippen molar-refractivity contribution in [2.24, 2.45) is 11.7 Å². The molecule has 0 unspecified atom stereocenters. The molecule has 2 heterocycles. The van der Waals surface area contributed by atoms with Crippen molar-refractivity contribution in [1.29, 1.82) is 0 Å². The fraction of sp³-hybridized carbons (Fsp3) is 0.350. The number of anilines is 2. The summed E-state index contributed by atoms with van der Waals surface area (Å²) < 4.78 is 0. The minimum Gasteiger partial charge on any atom is -0.366 e. The van der Waals surface area contributed by atoms with Gasteiger partial charge in [-0.1, -0.05) is 13.0 Å². The van der Waals surface area contributed by atoms with Crippen LogP contribution in [0.25, 0.3) is 0 Å². The molecule has 0 bridgehead atoms. The zero-order chi connectivity index (χ0) is 19.0. The Bertz CT molecular complexity index is 865. The molecule has 2 aromatic rings. The van der Waals surface area contributed by atoms with E-state index in [1.165, 1.54) is 0 Å². The summed E-state index contributed by atoms with van der Waals surface area (Å²) in [5.74, 6) is 0.364. The van der Waals surface area contributed by atoms with E-state index in [1.54, 1.807) is 30.0 Å². The minimum absolute atomic E-state index is 0.00161. The third-order valence-corrected chi connectivity index (χ3v) is 5.13. The Balaban J connectivity index is 2.11. The maximum atomic E-state index is 12.2. The number of nitrogens with one attached hydrogen (secondary N) is 1. The van der Waals surface area contributed by atoms with Crippen molar-refractivity contribution >= 4 is 23.3 Å². The molecule has 0 fully saturated rings. The first-order chi connectivity index (χ1) is 12.3. The predicted molar refractivity (Wildman–Crippen MR) is 102 cm³/mol. The van der Waals surface area contributed by atoms with E-state index in [9.17, 15) is 9.59 Å². The van der Waals surface area contributed by atoms with Crippen molar-refractivity contribution in [2.45, 2.75) is 39.8 Å². The van der Waals surface area contributed by atoms with Crippen LogP contribution in [0, 0.1) is 12.8 Å². The Labute approximate surface area is 153 Å². The van der Waals surface area contributed by atoms with Gasteiger partial charge in [0.15, 0.2) is 0 Å². The predicted octanol–water partition coefficient (Wildman–Crippen LogP) is 3.03. The maximum Gasteiger partial charge on any atom is 0.248 e. The fourth-order valence-corrected chi connectivity index (χ4v) is 3.64.